The fourth-order valence-corrected chi connectivity index (χ4v) is 2.20. The SMILES string of the molecule is COc1nc(NCC2CCCC2O)ccc1N. The van der Waals surface area contributed by atoms with Crippen molar-refractivity contribution in [3.05, 3.63) is 12.1 Å². The fraction of sp³-hybridized carbons (Fsp3) is 0.583. The van der Waals surface area contributed by atoms with Crippen molar-refractivity contribution in [2.45, 2.75) is 25.4 Å². The highest BCUT2D eigenvalue weighted by Crippen LogP contribution is 2.26. The maximum Gasteiger partial charge on any atom is 0.238 e. The van der Waals surface area contributed by atoms with E-state index in [0.29, 0.717) is 17.5 Å². The van der Waals surface area contributed by atoms with Crippen LogP contribution in [0.5, 0.6) is 5.88 Å². The lowest BCUT2D eigenvalue weighted by Crippen LogP contribution is -2.22. The molecule has 5 nitrogen and oxygen atoms in total. The van der Waals surface area contributed by atoms with E-state index in [-0.39, 0.29) is 6.10 Å². The van der Waals surface area contributed by atoms with E-state index in [0.717, 1.165) is 31.6 Å². The lowest BCUT2D eigenvalue weighted by molar-refractivity contribution is 0.138. The number of aliphatic hydroxyl groups is 1. The second kappa shape index (κ2) is 5.23. The Kier molecular flexibility index (Phi) is 3.68. The maximum atomic E-state index is 9.71. The summed E-state index contributed by atoms with van der Waals surface area (Å²) >= 11 is 0. The van der Waals surface area contributed by atoms with Crippen molar-refractivity contribution in [1.82, 2.24) is 4.98 Å². The largest absolute Gasteiger partial charge is 0.479 e. The highest BCUT2D eigenvalue weighted by Gasteiger charge is 2.24. The number of hydrogen-bond acceptors (Lipinski definition) is 5. The molecule has 1 heterocycles. The summed E-state index contributed by atoms with van der Waals surface area (Å²) in [6.45, 7) is 0.737. The number of anilines is 2. The number of aromatic nitrogens is 1. The number of pyridine rings is 1. The molecule has 1 saturated carbocycles. The minimum atomic E-state index is -0.182. The maximum absolute atomic E-state index is 9.71. The molecule has 0 spiro atoms. The van der Waals surface area contributed by atoms with Crippen LogP contribution in [0.3, 0.4) is 0 Å². The van der Waals surface area contributed by atoms with Gasteiger partial charge in [0.05, 0.1) is 18.9 Å². The van der Waals surface area contributed by atoms with Gasteiger partial charge < -0.3 is 20.9 Å². The number of aliphatic hydroxyl groups excluding tert-OH is 1. The zero-order valence-electron chi connectivity index (χ0n) is 10.0. The first-order valence-electron chi connectivity index (χ1n) is 5.93. The first-order chi connectivity index (χ1) is 8.20. The average Bonchev–Trinajstić information content (AvgIpc) is 2.74. The minimum absolute atomic E-state index is 0.182. The van der Waals surface area contributed by atoms with Crippen molar-refractivity contribution in [1.29, 1.82) is 0 Å². The quantitative estimate of drug-likeness (QED) is 0.734. The van der Waals surface area contributed by atoms with Gasteiger partial charge in [-0.15, -0.1) is 0 Å². The van der Waals surface area contributed by atoms with Gasteiger partial charge in [0.25, 0.3) is 0 Å². The number of nitrogens with two attached hydrogens (primary N) is 1. The molecule has 1 aromatic heterocycles. The molecule has 0 radical (unpaired) electrons. The van der Waals surface area contributed by atoms with Gasteiger partial charge in [-0.25, -0.2) is 0 Å². The summed E-state index contributed by atoms with van der Waals surface area (Å²) in [5.41, 5.74) is 6.21. The monoisotopic (exact) mass is 237 g/mol. The number of nitrogens with zero attached hydrogens (tertiary/aromatic N) is 1. The van der Waals surface area contributed by atoms with Crippen molar-refractivity contribution in [3.8, 4) is 5.88 Å². The summed E-state index contributed by atoms with van der Waals surface area (Å²) in [5, 5.41) is 12.9. The van der Waals surface area contributed by atoms with Crippen LogP contribution < -0.4 is 15.8 Å². The summed E-state index contributed by atoms with van der Waals surface area (Å²) in [6.07, 6.45) is 2.90. The van der Waals surface area contributed by atoms with Crippen LogP contribution in [0.1, 0.15) is 19.3 Å². The van der Waals surface area contributed by atoms with E-state index >= 15 is 0 Å². The Bertz CT molecular complexity index is 384. The van der Waals surface area contributed by atoms with Crippen LogP contribution in [0, 0.1) is 5.92 Å². The molecule has 0 amide bonds. The zero-order chi connectivity index (χ0) is 12.3. The van der Waals surface area contributed by atoms with Gasteiger partial charge in [0.15, 0.2) is 0 Å². The van der Waals surface area contributed by atoms with Gasteiger partial charge in [-0.3, -0.25) is 0 Å². The molecule has 1 aromatic rings. The number of nitrogen functional groups attached to an aromatic ring is 1. The van der Waals surface area contributed by atoms with Gasteiger partial charge >= 0.3 is 0 Å². The Morgan fingerprint density at radius 1 is 1.53 bits per heavy atom. The third-order valence-corrected chi connectivity index (χ3v) is 3.25. The molecule has 5 heteroatoms. The molecule has 2 atom stereocenters. The van der Waals surface area contributed by atoms with Gasteiger partial charge in [0, 0.05) is 12.5 Å². The minimum Gasteiger partial charge on any atom is -0.479 e. The molecule has 94 valence electrons. The first kappa shape index (κ1) is 12.0. The van der Waals surface area contributed by atoms with E-state index in [1.807, 2.05) is 6.07 Å². The van der Waals surface area contributed by atoms with Crippen molar-refractivity contribution in [2.75, 3.05) is 24.7 Å². The van der Waals surface area contributed by atoms with Crippen LogP contribution in [0.2, 0.25) is 0 Å². The summed E-state index contributed by atoms with van der Waals surface area (Å²) < 4.78 is 5.05. The zero-order valence-corrected chi connectivity index (χ0v) is 10.0. The molecule has 4 N–H and O–H groups in total. The lowest BCUT2D eigenvalue weighted by atomic mass is 10.1. The fourth-order valence-electron chi connectivity index (χ4n) is 2.20. The second-order valence-electron chi connectivity index (χ2n) is 4.43. The normalized spacial score (nSPS) is 23.6. The van der Waals surface area contributed by atoms with Crippen molar-refractivity contribution < 1.29 is 9.84 Å². The molecule has 2 rings (SSSR count). The van der Waals surface area contributed by atoms with E-state index in [9.17, 15) is 5.11 Å². The highest BCUT2D eigenvalue weighted by molar-refractivity contribution is 5.53. The number of nitrogens with one attached hydrogen (secondary N) is 1. The van der Waals surface area contributed by atoms with Crippen molar-refractivity contribution in [2.24, 2.45) is 5.92 Å². The van der Waals surface area contributed by atoms with Crippen molar-refractivity contribution in [3.63, 3.8) is 0 Å². The molecule has 0 aromatic carbocycles. The summed E-state index contributed by atoms with van der Waals surface area (Å²) in [6, 6.07) is 3.58. The Morgan fingerprint density at radius 3 is 3.00 bits per heavy atom. The van der Waals surface area contributed by atoms with Gasteiger partial charge in [-0.05, 0) is 25.0 Å². The van der Waals surface area contributed by atoms with Crippen LogP contribution in [0.15, 0.2) is 12.1 Å². The second-order valence-corrected chi connectivity index (χ2v) is 4.43. The highest BCUT2D eigenvalue weighted by atomic mass is 16.5. The molecular formula is C12H19N3O2. The van der Waals surface area contributed by atoms with E-state index in [1.54, 1.807) is 13.2 Å². The molecule has 17 heavy (non-hydrogen) atoms. The predicted molar refractivity (Wildman–Crippen MR) is 67.0 cm³/mol. The Morgan fingerprint density at radius 2 is 2.35 bits per heavy atom. The van der Waals surface area contributed by atoms with E-state index in [4.69, 9.17) is 10.5 Å². The summed E-state index contributed by atoms with van der Waals surface area (Å²) in [5.74, 6) is 1.48. The molecule has 2 unspecified atom stereocenters. The van der Waals surface area contributed by atoms with Gasteiger partial charge in [-0.2, -0.15) is 4.98 Å². The number of ether oxygens (including phenoxy) is 1. The molecule has 0 saturated heterocycles. The predicted octanol–water partition coefficient (Wildman–Crippen LogP) is 1.25. The van der Waals surface area contributed by atoms with Crippen LogP contribution in [-0.2, 0) is 0 Å². The smallest absolute Gasteiger partial charge is 0.238 e. The van der Waals surface area contributed by atoms with Gasteiger partial charge in [0.2, 0.25) is 5.88 Å². The summed E-state index contributed by atoms with van der Waals surface area (Å²) in [7, 11) is 1.54. The standard InChI is InChI=1S/C12H19N3O2/c1-17-12-9(13)5-6-11(15-12)14-7-8-3-2-4-10(8)16/h5-6,8,10,16H,2-4,7,13H2,1H3,(H,14,15). The molecule has 0 bridgehead atoms. The van der Waals surface area contributed by atoms with Crippen LogP contribution in [0.25, 0.3) is 0 Å². The van der Waals surface area contributed by atoms with E-state index in [2.05, 4.69) is 10.3 Å². The number of methoxy groups -OCH3 is 1. The Labute approximate surface area is 101 Å². The van der Waals surface area contributed by atoms with Gasteiger partial charge in [0.1, 0.15) is 5.82 Å². The first-order valence-corrected chi connectivity index (χ1v) is 5.93. The van der Waals surface area contributed by atoms with E-state index < -0.39 is 0 Å². The molecule has 1 fully saturated rings. The summed E-state index contributed by atoms with van der Waals surface area (Å²) in [4.78, 5) is 4.24. The third kappa shape index (κ3) is 2.79. The van der Waals surface area contributed by atoms with Crippen molar-refractivity contribution >= 4 is 11.5 Å². The molecular weight excluding hydrogens is 218 g/mol. The lowest BCUT2D eigenvalue weighted by Gasteiger charge is -2.16. The van der Waals surface area contributed by atoms with E-state index in [1.165, 1.54) is 0 Å². The number of hydrogen-bond donors (Lipinski definition) is 3. The topological polar surface area (TPSA) is 80.4 Å². The van der Waals surface area contributed by atoms with Gasteiger partial charge in [-0.1, -0.05) is 6.42 Å². The Hall–Kier alpha value is -1.49. The number of rotatable bonds is 4. The van der Waals surface area contributed by atoms with Crippen LogP contribution >= 0.6 is 0 Å². The third-order valence-electron chi connectivity index (χ3n) is 3.25. The molecule has 1 aliphatic carbocycles. The van der Waals surface area contributed by atoms with Crippen LogP contribution in [0.4, 0.5) is 11.5 Å². The average molecular weight is 237 g/mol. The Balaban J connectivity index is 1.94. The van der Waals surface area contributed by atoms with Crippen LogP contribution in [-0.4, -0.2) is 29.8 Å². The molecule has 1 aliphatic rings. The molecule has 0 aliphatic heterocycles.